The monoisotopic (exact) mass is 161 g/mol. The first kappa shape index (κ1) is 10.9. The molecule has 1 heterocycles. The fourth-order valence-electron chi connectivity index (χ4n) is 0.966. The Morgan fingerprint density at radius 1 is 1.27 bits per heavy atom. The highest BCUT2D eigenvalue weighted by molar-refractivity contribution is 4.62. The first-order valence-corrected chi connectivity index (χ1v) is 4.19. The van der Waals surface area contributed by atoms with Crippen molar-refractivity contribution < 1.29 is 10.2 Å². The Labute approximate surface area is 68.4 Å². The van der Waals surface area contributed by atoms with Gasteiger partial charge in [-0.2, -0.15) is 0 Å². The highest BCUT2D eigenvalue weighted by Gasteiger charge is 2.04. The van der Waals surface area contributed by atoms with Crippen molar-refractivity contribution in [1.82, 2.24) is 5.32 Å². The maximum atomic E-state index is 7.61. The van der Waals surface area contributed by atoms with Crippen LogP contribution in [-0.4, -0.2) is 29.6 Å². The zero-order chi connectivity index (χ0) is 8.69. The number of rotatable bonds is 0. The fourth-order valence-corrected chi connectivity index (χ4v) is 0.966. The van der Waals surface area contributed by atoms with Crippen LogP contribution in [0.1, 0.15) is 26.7 Å². The van der Waals surface area contributed by atoms with E-state index in [4.69, 9.17) is 10.2 Å². The first-order valence-electron chi connectivity index (χ1n) is 4.19. The lowest BCUT2D eigenvalue weighted by molar-refractivity contribution is -0.0228. The minimum absolute atomic E-state index is 0.973. The maximum Gasteiger partial charge on any atom is 0.148 e. The van der Waals surface area contributed by atoms with Gasteiger partial charge in [-0.15, -0.1) is 0 Å². The van der Waals surface area contributed by atoms with Gasteiger partial charge < -0.3 is 15.5 Å². The number of piperidine rings is 1. The number of nitrogens with one attached hydrogen (secondary N) is 1. The van der Waals surface area contributed by atoms with Gasteiger partial charge in [0.15, 0.2) is 0 Å². The van der Waals surface area contributed by atoms with Crippen LogP contribution in [0.4, 0.5) is 0 Å². The van der Waals surface area contributed by atoms with Gasteiger partial charge in [-0.05, 0) is 38.8 Å². The Hall–Kier alpha value is -0.120. The lowest BCUT2D eigenvalue weighted by Crippen LogP contribution is -2.26. The lowest BCUT2D eigenvalue weighted by Gasteiger charge is -2.17. The van der Waals surface area contributed by atoms with Crippen molar-refractivity contribution in [2.24, 2.45) is 5.92 Å². The molecule has 0 unspecified atom stereocenters. The molecule has 3 heteroatoms. The average Bonchev–Trinajstić information content (AvgIpc) is 1.87. The summed E-state index contributed by atoms with van der Waals surface area (Å²) in [5.41, 5.74) is 0. The molecule has 1 rings (SSSR count). The fraction of sp³-hybridized carbons (Fsp3) is 1.00. The zero-order valence-electron chi connectivity index (χ0n) is 7.38. The van der Waals surface area contributed by atoms with Crippen LogP contribution >= 0.6 is 0 Å². The van der Waals surface area contributed by atoms with Crippen LogP contribution in [0, 0.1) is 5.92 Å². The van der Waals surface area contributed by atoms with Gasteiger partial charge in [-0.3, -0.25) is 0 Å². The standard InChI is InChI=1S/C6H13N.C2H6O2/c1-6-2-4-7-5-3-6;1-2(3)4/h6-7H,2-5H2,1H3;2-4H,1H3. The molecule has 0 bridgehead atoms. The molecule has 0 saturated carbocycles. The molecular formula is C8H19NO2. The van der Waals surface area contributed by atoms with Gasteiger partial charge >= 0.3 is 0 Å². The number of aliphatic hydroxyl groups excluding tert-OH is 1. The number of aliphatic hydroxyl groups is 2. The van der Waals surface area contributed by atoms with Crippen molar-refractivity contribution in [3.63, 3.8) is 0 Å². The third kappa shape index (κ3) is 9.88. The molecule has 11 heavy (non-hydrogen) atoms. The maximum absolute atomic E-state index is 7.61. The van der Waals surface area contributed by atoms with Gasteiger partial charge in [0, 0.05) is 0 Å². The van der Waals surface area contributed by atoms with Crippen molar-refractivity contribution >= 4 is 0 Å². The zero-order valence-corrected chi connectivity index (χ0v) is 7.38. The van der Waals surface area contributed by atoms with Crippen molar-refractivity contribution in [3.8, 4) is 0 Å². The molecule has 0 atom stereocenters. The Morgan fingerprint density at radius 3 is 1.82 bits per heavy atom. The average molecular weight is 161 g/mol. The molecule has 1 fully saturated rings. The van der Waals surface area contributed by atoms with E-state index in [-0.39, 0.29) is 0 Å². The van der Waals surface area contributed by atoms with Crippen LogP contribution in [-0.2, 0) is 0 Å². The Balaban J connectivity index is 0.000000218. The third-order valence-corrected chi connectivity index (χ3v) is 1.63. The molecule has 3 N–H and O–H groups in total. The van der Waals surface area contributed by atoms with Crippen LogP contribution < -0.4 is 5.32 Å². The molecule has 0 radical (unpaired) electrons. The van der Waals surface area contributed by atoms with E-state index in [1.807, 2.05) is 0 Å². The second-order valence-corrected chi connectivity index (χ2v) is 3.06. The number of hydrogen-bond donors (Lipinski definition) is 3. The smallest absolute Gasteiger partial charge is 0.148 e. The molecule has 3 nitrogen and oxygen atoms in total. The molecule has 0 aromatic rings. The van der Waals surface area contributed by atoms with Crippen LogP contribution in [0.3, 0.4) is 0 Å². The summed E-state index contributed by atoms with van der Waals surface area (Å²) in [4.78, 5) is 0. The quantitative estimate of drug-likeness (QED) is 0.449. The highest BCUT2D eigenvalue weighted by atomic mass is 16.5. The van der Waals surface area contributed by atoms with Crippen molar-refractivity contribution in [2.75, 3.05) is 13.1 Å². The predicted octanol–water partition coefficient (Wildman–Crippen LogP) is 0.323. The molecule has 68 valence electrons. The molecule has 1 saturated heterocycles. The molecule has 1 aliphatic rings. The van der Waals surface area contributed by atoms with Gasteiger partial charge in [0.25, 0.3) is 0 Å². The summed E-state index contributed by atoms with van der Waals surface area (Å²) in [5, 5.41) is 18.5. The van der Waals surface area contributed by atoms with E-state index < -0.39 is 6.29 Å². The normalized spacial score (nSPS) is 19.4. The molecule has 0 amide bonds. The van der Waals surface area contributed by atoms with Gasteiger partial charge in [-0.1, -0.05) is 6.92 Å². The SMILES string of the molecule is CC(O)O.CC1CCNCC1. The summed E-state index contributed by atoms with van der Waals surface area (Å²) in [6.07, 6.45) is 1.58. The largest absolute Gasteiger partial charge is 0.368 e. The summed E-state index contributed by atoms with van der Waals surface area (Å²) in [5.74, 6) is 0.973. The van der Waals surface area contributed by atoms with E-state index >= 15 is 0 Å². The van der Waals surface area contributed by atoms with E-state index in [0.717, 1.165) is 5.92 Å². The summed E-state index contributed by atoms with van der Waals surface area (Å²) in [7, 11) is 0. The minimum Gasteiger partial charge on any atom is -0.368 e. The van der Waals surface area contributed by atoms with Gasteiger partial charge in [-0.25, -0.2) is 0 Å². The Kier molecular flexibility index (Phi) is 6.51. The topological polar surface area (TPSA) is 52.5 Å². The molecule has 0 spiro atoms. The lowest BCUT2D eigenvalue weighted by atomic mass is 10.0. The first-order chi connectivity index (χ1) is 5.13. The van der Waals surface area contributed by atoms with E-state index in [9.17, 15) is 0 Å². The minimum atomic E-state index is -1.17. The summed E-state index contributed by atoms with van der Waals surface area (Å²) in [6.45, 7) is 6.07. The van der Waals surface area contributed by atoms with E-state index in [1.165, 1.54) is 32.9 Å². The Bertz CT molecular complexity index is 77.4. The van der Waals surface area contributed by atoms with Crippen molar-refractivity contribution in [3.05, 3.63) is 0 Å². The molecule has 1 aliphatic heterocycles. The van der Waals surface area contributed by atoms with Crippen molar-refractivity contribution in [1.29, 1.82) is 0 Å². The number of hydrogen-bond acceptors (Lipinski definition) is 3. The summed E-state index contributed by atoms with van der Waals surface area (Å²) in [6, 6.07) is 0. The van der Waals surface area contributed by atoms with Gasteiger partial charge in [0.1, 0.15) is 6.29 Å². The summed E-state index contributed by atoms with van der Waals surface area (Å²) >= 11 is 0. The van der Waals surface area contributed by atoms with Crippen LogP contribution in [0.5, 0.6) is 0 Å². The van der Waals surface area contributed by atoms with E-state index in [2.05, 4.69) is 12.2 Å². The second-order valence-electron chi connectivity index (χ2n) is 3.06. The molecular weight excluding hydrogens is 142 g/mol. The van der Waals surface area contributed by atoms with Gasteiger partial charge in [0.2, 0.25) is 0 Å². The van der Waals surface area contributed by atoms with E-state index in [0.29, 0.717) is 0 Å². The van der Waals surface area contributed by atoms with Crippen LogP contribution in [0.2, 0.25) is 0 Å². The van der Waals surface area contributed by atoms with E-state index in [1.54, 1.807) is 0 Å². The second kappa shape index (κ2) is 6.58. The highest BCUT2D eigenvalue weighted by Crippen LogP contribution is 2.08. The Morgan fingerprint density at radius 2 is 1.64 bits per heavy atom. The molecule has 0 aliphatic carbocycles. The predicted molar refractivity (Wildman–Crippen MR) is 45.2 cm³/mol. The van der Waals surface area contributed by atoms with Crippen LogP contribution in [0.25, 0.3) is 0 Å². The summed E-state index contributed by atoms with van der Waals surface area (Å²) < 4.78 is 0. The van der Waals surface area contributed by atoms with Gasteiger partial charge in [0.05, 0.1) is 0 Å². The third-order valence-electron chi connectivity index (χ3n) is 1.63. The molecule has 0 aromatic heterocycles. The van der Waals surface area contributed by atoms with Crippen molar-refractivity contribution in [2.45, 2.75) is 33.0 Å². The molecule has 0 aromatic carbocycles. The van der Waals surface area contributed by atoms with Crippen LogP contribution in [0.15, 0.2) is 0 Å².